The lowest BCUT2D eigenvalue weighted by molar-refractivity contribution is 0.220. The van der Waals surface area contributed by atoms with Gasteiger partial charge in [-0.3, -0.25) is 4.90 Å². The fraction of sp³-hybridized carbons (Fsp3) is 0.235. The van der Waals surface area contributed by atoms with Gasteiger partial charge in [-0.2, -0.15) is 5.26 Å². The minimum atomic E-state index is 0.378. The van der Waals surface area contributed by atoms with E-state index in [1.165, 1.54) is 16.7 Å². The van der Waals surface area contributed by atoms with E-state index in [1.807, 2.05) is 18.2 Å². The van der Waals surface area contributed by atoms with E-state index in [0.717, 1.165) is 18.7 Å². The topological polar surface area (TPSA) is 27.0 Å². The van der Waals surface area contributed by atoms with E-state index in [1.54, 1.807) is 0 Å². The highest BCUT2D eigenvalue weighted by molar-refractivity contribution is 5.42. The molecule has 1 heterocycles. The summed E-state index contributed by atoms with van der Waals surface area (Å²) in [6, 6.07) is 19.2. The lowest BCUT2D eigenvalue weighted by Gasteiger charge is -2.21. The maximum atomic E-state index is 8.99. The van der Waals surface area contributed by atoms with Crippen LogP contribution in [-0.4, -0.2) is 4.90 Å². The summed E-state index contributed by atoms with van der Waals surface area (Å²) >= 11 is 0. The number of nitriles is 1. The molecule has 0 saturated heterocycles. The molecular weight excluding hydrogens is 232 g/mol. The quantitative estimate of drug-likeness (QED) is 0.811. The monoisotopic (exact) mass is 248 g/mol. The van der Waals surface area contributed by atoms with Gasteiger partial charge < -0.3 is 0 Å². The van der Waals surface area contributed by atoms with Crippen molar-refractivity contribution in [2.75, 3.05) is 0 Å². The molecule has 3 rings (SSSR count). The molecular formula is C17H16N2. The summed E-state index contributed by atoms with van der Waals surface area (Å²) in [7, 11) is 0. The zero-order chi connectivity index (χ0) is 13.2. The van der Waals surface area contributed by atoms with Crippen LogP contribution in [0, 0.1) is 11.3 Å². The molecule has 1 aliphatic heterocycles. The first-order valence-electron chi connectivity index (χ1n) is 6.59. The van der Waals surface area contributed by atoms with Crippen molar-refractivity contribution >= 4 is 0 Å². The minimum Gasteiger partial charge on any atom is -0.288 e. The molecule has 0 fully saturated rings. The second-order valence-corrected chi connectivity index (χ2v) is 5.09. The van der Waals surface area contributed by atoms with Gasteiger partial charge in [0.15, 0.2) is 0 Å². The van der Waals surface area contributed by atoms with Gasteiger partial charge in [-0.15, -0.1) is 0 Å². The van der Waals surface area contributed by atoms with Crippen LogP contribution in [0.1, 0.15) is 35.2 Å². The van der Waals surface area contributed by atoms with Gasteiger partial charge in [0.1, 0.15) is 0 Å². The van der Waals surface area contributed by atoms with Crippen molar-refractivity contribution in [2.45, 2.75) is 26.1 Å². The number of fused-ring (bicyclic) bond motifs is 1. The average molecular weight is 248 g/mol. The zero-order valence-electron chi connectivity index (χ0n) is 11.0. The Balaban J connectivity index is 1.83. The first kappa shape index (κ1) is 12.0. The zero-order valence-corrected chi connectivity index (χ0v) is 11.0. The molecule has 0 bridgehead atoms. The lowest BCUT2D eigenvalue weighted by Crippen LogP contribution is -2.19. The average Bonchev–Trinajstić information content (AvgIpc) is 2.76. The van der Waals surface area contributed by atoms with Crippen LogP contribution in [0.5, 0.6) is 0 Å². The molecule has 1 aliphatic rings. The summed E-state index contributed by atoms with van der Waals surface area (Å²) in [4.78, 5) is 2.45. The van der Waals surface area contributed by atoms with Gasteiger partial charge in [-0.25, -0.2) is 0 Å². The van der Waals surface area contributed by atoms with E-state index in [-0.39, 0.29) is 0 Å². The van der Waals surface area contributed by atoms with Crippen molar-refractivity contribution in [1.29, 1.82) is 5.26 Å². The highest BCUT2D eigenvalue weighted by Gasteiger charge is 2.26. The molecule has 0 radical (unpaired) electrons. The van der Waals surface area contributed by atoms with Crippen LogP contribution in [0.15, 0.2) is 48.5 Å². The lowest BCUT2D eigenvalue weighted by atomic mass is 10.0. The van der Waals surface area contributed by atoms with E-state index < -0.39 is 0 Å². The van der Waals surface area contributed by atoms with Gasteiger partial charge >= 0.3 is 0 Å². The van der Waals surface area contributed by atoms with Crippen LogP contribution in [0.4, 0.5) is 0 Å². The van der Waals surface area contributed by atoms with Crippen molar-refractivity contribution in [3.8, 4) is 6.07 Å². The second-order valence-electron chi connectivity index (χ2n) is 5.09. The summed E-state index contributed by atoms with van der Waals surface area (Å²) in [6.45, 7) is 4.14. The summed E-state index contributed by atoms with van der Waals surface area (Å²) in [5.74, 6) is 0. The van der Waals surface area contributed by atoms with E-state index in [4.69, 9.17) is 5.26 Å². The first-order valence-corrected chi connectivity index (χ1v) is 6.59. The van der Waals surface area contributed by atoms with Crippen LogP contribution in [0.25, 0.3) is 0 Å². The third kappa shape index (κ3) is 2.25. The van der Waals surface area contributed by atoms with Crippen LogP contribution in [0.3, 0.4) is 0 Å². The molecule has 0 spiro atoms. The van der Waals surface area contributed by atoms with E-state index in [9.17, 15) is 0 Å². The third-order valence-electron chi connectivity index (χ3n) is 3.87. The molecule has 0 aliphatic carbocycles. The second kappa shape index (κ2) is 4.87. The Kier molecular flexibility index (Phi) is 3.06. The van der Waals surface area contributed by atoms with E-state index in [0.29, 0.717) is 6.04 Å². The Bertz CT molecular complexity index is 625. The van der Waals surface area contributed by atoms with Crippen molar-refractivity contribution in [3.05, 3.63) is 70.8 Å². The standard InChI is InChI=1S/C17H16N2/c1-13-17-9-15(10-18)7-8-16(17)12-19(13)11-14-5-3-2-4-6-14/h2-9,13H,11-12H2,1H3. The molecule has 94 valence electrons. The SMILES string of the molecule is CC1c2cc(C#N)ccc2CN1Cc1ccccc1. The van der Waals surface area contributed by atoms with Crippen LogP contribution in [0.2, 0.25) is 0 Å². The molecule has 0 saturated carbocycles. The predicted molar refractivity (Wildman–Crippen MR) is 75.3 cm³/mol. The highest BCUT2D eigenvalue weighted by Crippen LogP contribution is 2.34. The van der Waals surface area contributed by atoms with Gasteiger partial charge in [-0.05, 0) is 35.7 Å². The Labute approximate surface area is 113 Å². The van der Waals surface area contributed by atoms with E-state index >= 15 is 0 Å². The maximum absolute atomic E-state index is 8.99. The molecule has 1 atom stereocenters. The summed E-state index contributed by atoms with van der Waals surface area (Å²) in [5, 5.41) is 8.99. The number of benzene rings is 2. The Morgan fingerprint density at radius 2 is 2.00 bits per heavy atom. The molecule has 19 heavy (non-hydrogen) atoms. The van der Waals surface area contributed by atoms with Gasteiger partial charge in [0.2, 0.25) is 0 Å². The van der Waals surface area contributed by atoms with Crippen LogP contribution < -0.4 is 0 Å². The Morgan fingerprint density at radius 3 is 2.74 bits per heavy atom. The van der Waals surface area contributed by atoms with Gasteiger partial charge in [-0.1, -0.05) is 36.4 Å². The predicted octanol–water partition coefficient (Wildman–Crippen LogP) is 3.64. The molecule has 2 aromatic rings. The fourth-order valence-corrected chi connectivity index (χ4v) is 2.76. The Hall–Kier alpha value is -2.11. The van der Waals surface area contributed by atoms with Crippen LogP contribution >= 0.6 is 0 Å². The van der Waals surface area contributed by atoms with Crippen molar-refractivity contribution < 1.29 is 0 Å². The largest absolute Gasteiger partial charge is 0.288 e. The summed E-state index contributed by atoms with van der Waals surface area (Å²) in [5.41, 5.74) is 4.74. The smallest absolute Gasteiger partial charge is 0.0991 e. The number of hydrogen-bond acceptors (Lipinski definition) is 2. The summed E-state index contributed by atoms with van der Waals surface area (Å²) < 4.78 is 0. The number of hydrogen-bond donors (Lipinski definition) is 0. The molecule has 0 aromatic heterocycles. The van der Waals surface area contributed by atoms with Gasteiger partial charge in [0, 0.05) is 19.1 Å². The van der Waals surface area contributed by atoms with Gasteiger partial charge in [0.25, 0.3) is 0 Å². The Morgan fingerprint density at radius 1 is 1.21 bits per heavy atom. The fourth-order valence-electron chi connectivity index (χ4n) is 2.76. The minimum absolute atomic E-state index is 0.378. The number of nitrogens with zero attached hydrogens (tertiary/aromatic N) is 2. The molecule has 0 amide bonds. The molecule has 1 unspecified atom stereocenters. The van der Waals surface area contributed by atoms with Crippen molar-refractivity contribution in [2.24, 2.45) is 0 Å². The van der Waals surface area contributed by atoms with Gasteiger partial charge in [0.05, 0.1) is 11.6 Å². The van der Waals surface area contributed by atoms with Crippen LogP contribution in [-0.2, 0) is 13.1 Å². The highest BCUT2D eigenvalue weighted by atomic mass is 15.2. The number of rotatable bonds is 2. The maximum Gasteiger partial charge on any atom is 0.0991 e. The first-order chi connectivity index (χ1) is 9.28. The van der Waals surface area contributed by atoms with Crippen molar-refractivity contribution in [1.82, 2.24) is 4.90 Å². The molecule has 2 aromatic carbocycles. The molecule has 2 heteroatoms. The molecule has 2 nitrogen and oxygen atoms in total. The normalized spacial score (nSPS) is 18.0. The summed E-state index contributed by atoms with van der Waals surface area (Å²) in [6.07, 6.45) is 0. The van der Waals surface area contributed by atoms with Crippen molar-refractivity contribution in [3.63, 3.8) is 0 Å². The molecule has 0 N–H and O–H groups in total. The third-order valence-corrected chi connectivity index (χ3v) is 3.87. The van der Waals surface area contributed by atoms with E-state index in [2.05, 4.69) is 48.2 Å².